The smallest absolute Gasteiger partial charge is 0.258 e. The van der Waals surface area contributed by atoms with Crippen LogP contribution in [0.3, 0.4) is 0 Å². The lowest BCUT2D eigenvalue weighted by atomic mass is 9.99. The summed E-state index contributed by atoms with van der Waals surface area (Å²) in [4.78, 5) is 23.8. The molecule has 0 saturated carbocycles. The van der Waals surface area contributed by atoms with Crippen LogP contribution in [0.5, 0.6) is 5.88 Å². The normalized spacial score (nSPS) is 13.3. The summed E-state index contributed by atoms with van der Waals surface area (Å²) >= 11 is 0. The summed E-state index contributed by atoms with van der Waals surface area (Å²) in [5, 5.41) is 0.779. The van der Waals surface area contributed by atoms with Gasteiger partial charge in [-0.15, -0.1) is 0 Å². The molecule has 2 aromatic heterocycles. The maximum absolute atomic E-state index is 12.7. The average Bonchev–Trinajstić information content (AvgIpc) is 2.97. The maximum Gasteiger partial charge on any atom is 0.258 e. The molecule has 0 spiro atoms. The maximum atomic E-state index is 12.7. The summed E-state index contributed by atoms with van der Waals surface area (Å²) in [5.41, 5.74) is 11.8. The molecule has 1 aliphatic heterocycles. The molecule has 27 heavy (non-hydrogen) atoms. The Morgan fingerprint density at radius 3 is 2.85 bits per heavy atom. The van der Waals surface area contributed by atoms with E-state index in [1.54, 1.807) is 18.2 Å². The van der Waals surface area contributed by atoms with Crippen LogP contribution in [-0.2, 0) is 6.54 Å². The zero-order chi connectivity index (χ0) is 19.1. The number of benzene rings is 1. The lowest BCUT2D eigenvalue weighted by Crippen LogP contribution is -2.24. The number of carbonyl (C=O) groups is 1. The molecule has 0 unspecified atom stereocenters. The number of methoxy groups -OCH3 is 1. The van der Waals surface area contributed by atoms with Gasteiger partial charge in [-0.25, -0.2) is 9.97 Å². The number of fused-ring (bicyclic) bond motifs is 2. The number of hydrogen-bond acceptors (Lipinski definition) is 5. The topological polar surface area (TPSA) is 81.3 Å². The quantitative estimate of drug-likeness (QED) is 0.767. The molecule has 0 fully saturated rings. The summed E-state index contributed by atoms with van der Waals surface area (Å²) in [7, 11) is 1.60. The van der Waals surface area contributed by atoms with Gasteiger partial charge >= 0.3 is 0 Å². The number of nitrogens with two attached hydrogens (primary N) is 1. The van der Waals surface area contributed by atoms with Crippen LogP contribution in [0.2, 0.25) is 0 Å². The lowest BCUT2D eigenvalue weighted by molar-refractivity contribution is 0.0779. The summed E-state index contributed by atoms with van der Waals surface area (Å²) < 4.78 is 5.46. The average molecular weight is 362 g/mol. The predicted octanol–water partition coefficient (Wildman–Crippen LogP) is 3.56. The van der Waals surface area contributed by atoms with E-state index in [1.807, 2.05) is 31.2 Å². The van der Waals surface area contributed by atoms with Crippen LogP contribution in [0, 0.1) is 6.92 Å². The van der Waals surface area contributed by atoms with Crippen LogP contribution in [0.15, 0.2) is 30.5 Å². The summed E-state index contributed by atoms with van der Waals surface area (Å²) in [6.45, 7) is 5.24. The molecule has 1 amide bonds. The van der Waals surface area contributed by atoms with E-state index in [0.29, 0.717) is 30.2 Å². The third-order valence-electron chi connectivity index (χ3n) is 4.94. The van der Waals surface area contributed by atoms with E-state index < -0.39 is 0 Å². The van der Waals surface area contributed by atoms with Gasteiger partial charge in [-0.05, 0) is 25.0 Å². The van der Waals surface area contributed by atoms with Gasteiger partial charge in [-0.2, -0.15) is 0 Å². The molecular formula is C21H22N4O2. The Balaban J connectivity index is 1.97. The van der Waals surface area contributed by atoms with E-state index in [-0.39, 0.29) is 5.91 Å². The molecular weight excluding hydrogens is 340 g/mol. The number of amides is 1. The number of pyridine rings is 2. The first kappa shape index (κ1) is 17.3. The van der Waals surface area contributed by atoms with Crippen molar-refractivity contribution in [2.45, 2.75) is 26.8 Å². The minimum absolute atomic E-state index is 0.0287. The van der Waals surface area contributed by atoms with E-state index in [9.17, 15) is 4.79 Å². The fourth-order valence-electron chi connectivity index (χ4n) is 3.71. The van der Waals surface area contributed by atoms with Crippen molar-refractivity contribution in [2.75, 3.05) is 19.4 Å². The Hall–Kier alpha value is -3.15. The molecule has 4 rings (SSSR count). The highest BCUT2D eigenvalue weighted by molar-refractivity contribution is 6.11. The lowest BCUT2D eigenvalue weighted by Gasteiger charge is -2.13. The number of nitrogens with zero attached hydrogens (tertiary/aromatic N) is 3. The molecule has 2 N–H and O–H groups in total. The van der Waals surface area contributed by atoms with Crippen LogP contribution >= 0.6 is 0 Å². The fourth-order valence-corrected chi connectivity index (χ4v) is 3.71. The van der Waals surface area contributed by atoms with Gasteiger partial charge in [0.25, 0.3) is 5.91 Å². The highest BCUT2D eigenvalue weighted by Gasteiger charge is 2.32. The van der Waals surface area contributed by atoms with E-state index in [0.717, 1.165) is 39.7 Å². The Bertz CT molecular complexity index is 1060. The molecule has 0 radical (unpaired) electrons. The molecule has 0 aliphatic carbocycles. The number of aromatic nitrogens is 2. The van der Waals surface area contributed by atoms with Crippen molar-refractivity contribution < 1.29 is 9.53 Å². The third kappa shape index (κ3) is 2.68. The van der Waals surface area contributed by atoms with Crippen LogP contribution in [-0.4, -0.2) is 34.4 Å². The number of anilines is 1. The predicted molar refractivity (Wildman–Crippen MR) is 106 cm³/mol. The van der Waals surface area contributed by atoms with Crippen LogP contribution in [0.4, 0.5) is 5.69 Å². The Kier molecular flexibility index (Phi) is 4.18. The van der Waals surface area contributed by atoms with Gasteiger partial charge < -0.3 is 15.4 Å². The van der Waals surface area contributed by atoms with Crippen LogP contribution < -0.4 is 10.5 Å². The van der Waals surface area contributed by atoms with Gasteiger partial charge in [0.15, 0.2) is 0 Å². The second kappa shape index (κ2) is 6.54. The first-order valence-electron chi connectivity index (χ1n) is 9.06. The number of hydrogen-bond donors (Lipinski definition) is 1. The van der Waals surface area contributed by atoms with Crippen molar-refractivity contribution in [1.82, 2.24) is 14.9 Å². The summed E-state index contributed by atoms with van der Waals surface area (Å²) in [6, 6.07) is 7.85. The van der Waals surface area contributed by atoms with Gasteiger partial charge in [-0.1, -0.05) is 25.1 Å². The second-order valence-corrected chi connectivity index (χ2v) is 6.85. The van der Waals surface area contributed by atoms with Crippen molar-refractivity contribution in [1.29, 1.82) is 0 Å². The van der Waals surface area contributed by atoms with Crippen LogP contribution in [0.25, 0.3) is 22.0 Å². The standard InChI is InChI=1S/C21H22N4O2/c1-4-8-25-11-16-17(21(25)26)18(22)14-7-5-6-13(19(14)24-16)15-9-12(2)10-23-20(15)27-3/h5-7,9-10H,4,8,11H2,1-3H3,(H2,22,24). The zero-order valence-electron chi connectivity index (χ0n) is 15.7. The van der Waals surface area contributed by atoms with E-state index in [4.69, 9.17) is 15.5 Å². The van der Waals surface area contributed by atoms with E-state index in [2.05, 4.69) is 11.9 Å². The Labute approximate surface area is 158 Å². The number of rotatable bonds is 4. The number of carbonyl (C=O) groups excluding carboxylic acids is 1. The molecule has 3 aromatic rings. The van der Waals surface area contributed by atoms with Crippen molar-refractivity contribution >= 4 is 22.5 Å². The van der Waals surface area contributed by atoms with E-state index in [1.165, 1.54) is 0 Å². The van der Waals surface area contributed by atoms with Gasteiger partial charge in [-0.3, -0.25) is 4.79 Å². The van der Waals surface area contributed by atoms with Gasteiger partial charge in [0.2, 0.25) is 5.88 Å². The third-order valence-corrected chi connectivity index (χ3v) is 4.94. The van der Waals surface area contributed by atoms with Crippen molar-refractivity contribution in [3.63, 3.8) is 0 Å². The molecule has 0 bridgehead atoms. The molecule has 6 heteroatoms. The first-order valence-corrected chi connectivity index (χ1v) is 9.06. The largest absolute Gasteiger partial charge is 0.481 e. The summed E-state index contributed by atoms with van der Waals surface area (Å²) in [6.07, 6.45) is 2.67. The van der Waals surface area contributed by atoms with Gasteiger partial charge in [0.05, 0.1) is 36.1 Å². The molecule has 0 saturated heterocycles. The minimum atomic E-state index is -0.0287. The van der Waals surface area contributed by atoms with Crippen LogP contribution in [0.1, 0.15) is 35.0 Å². The van der Waals surface area contributed by atoms with Crippen molar-refractivity contribution in [3.05, 3.63) is 47.3 Å². The van der Waals surface area contributed by atoms with Crippen molar-refractivity contribution in [2.24, 2.45) is 0 Å². The monoisotopic (exact) mass is 362 g/mol. The van der Waals surface area contributed by atoms with Gasteiger partial charge in [0, 0.05) is 29.3 Å². The molecule has 3 heterocycles. The summed E-state index contributed by atoms with van der Waals surface area (Å²) in [5.74, 6) is 0.511. The second-order valence-electron chi connectivity index (χ2n) is 6.85. The minimum Gasteiger partial charge on any atom is -0.481 e. The molecule has 138 valence electrons. The molecule has 1 aromatic carbocycles. The highest BCUT2D eigenvalue weighted by atomic mass is 16.5. The molecule has 1 aliphatic rings. The highest BCUT2D eigenvalue weighted by Crippen LogP contribution is 2.38. The fraction of sp³-hybridized carbons (Fsp3) is 0.286. The van der Waals surface area contributed by atoms with Gasteiger partial charge in [0.1, 0.15) is 0 Å². The molecule has 6 nitrogen and oxygen atoms in total. The Morgan fingerprint density at radius 1 is 1.30 bits per heavy atom. The number of nitrogen functional groups attached to an aromatic ring is 1. The number of ether oxygens (including phenoxy) is 1. The number of aryl methyl sites for hydroxylation is 1. The first-order chi connectivity index (χ1) is 13.0. The van der Waals surface area contributed by atoms with Crippen molar-refractivity contribution in [3.8, 4) is 17.0 Å². The van der Waals surface area contributed by atoms with E-state index >= 15 is 0 Å². The SMILES string of the molecule is CCCN1Cc2nc3c(-c4cc(C)cnc4OC)cccc3c(N)c2C1=O. The number of para-hydroxylation sites is 1. The Morgan fingerprint density at radius 2 is 2.11 bits per heavy atom. The zero-order valence-corrected chi connectivity index (χ0v) is 15.7. The molecule has 0 atom stereocenters.